The molecule has 6 nitrogen and oxygen atoms in total. The molecule has 7 heteroatoms. The monoisotopic (exact) mass is 454 g/mol. The Morgan fingerprint density at radius 1 is 0.971 bits per heavy atom. The van der Waals surface area contributed by atoms with Crippen LogP contribution in [0.1, 0.15) is 21.5 Å². The highest BCUT2D eigenvalue weighted by atomic mass is 19.1. The third kappa shape index (κ3) is 4.94. The van der Waals surface area contributed by atoms with Crippen molar-refractivity contribution in [2.24, 2.45) is 0 Å². The van der Waals surface area contributed by atoms with Crippen LogP contribution in [0.5, 0.6) is 0 Å². The Bertz CT molecular complexity index is 1360. The molecule has 4 aromatic rings. The van der Waals surface area contributed by atoms with Gasteiger partial charge in [0.2, 0.25) is 5.91 Å². The molecule has 2 N–H and O–H groups in total. The number of aromatic nitrogens is 2. The van der Waals surface area contributed by atoms with Gasteiger partial charge in [-0.3, -0.25) is 9.59 Å². The van der Waals surface area contributed by atoms with E-state index in [1.807, 2.05) is 36.5 Å². The first-order valence-corrected chi connectivity index (χ1v) is 10.7. The maximum atomic E-state index is 13.5. The molecule has 34 heavy (non-hydrogen) atoms. The molecule has 0 atom stereocenters. The third-order valence-electron chi connectivity index (χ3n) is 5.36. The quantitative estimate of drug-likeness (QED) is 0.403. The van der Waals surface area contributed by atoms with E-state index in [1.54, 1.807) is 55.1 Å². The largest absolute Gasteiger partial charge is 0.355 e. The van der Waals surface area contributed by atoms with Gasteiger partial charge in [0.15, 0.2) is 0 Å². The molecule has 3 aromatic carbocycles. The van der Waals surface area contributed by atoms with Crippen molar-refractivity contribution in [1.29, 1.82) is 0 Å². The number of benzene rings is 3. The second-order valence-corrected chi connectivity index (χ2v) is 7.60. The van der Waals surface area contributed by atoms with Gasteiger partial charge in [-0.25, -0.2) is 9.07 Å². The van der Waals surface area contributed by atoms with E-state index in [-0.39, 0.29) is 17.6 Å². The van der Waals surface area contributed by atoms with Gasteiger partial charge >= 0.3 is 0 Å². The highest BCUT2D eigenvalue weighted by molar-refractivity contribution is 6.04. The summed E-state index contributed by atoms with van der Waals surface area (Å²) in [4.78, 5) is 24.7. The lowest BCUT2D eigenvalue weighted by molar-refractivity contribution is -0.111. The topological polar surface area (TPSA) is 76.0 Å². The van der Waals surface area contributed by atoms with Gasteiger partial charge in [-0.1, -0.05) is 24.3 Å². The zero-order chi connectivity index (χ0) is 24.1. The average Bonchev–Trinajstić information content (AvgIpc) is 3.29. The number of anilines is 1. The Labute approximate surface area is 196 Å². The van der Waals surface area contributed by atoms with E-state index in [2.05, 4.69) is 15.7 Å². The van der Waals surface area contributed by atoms with Crippen molar-refractivity contribution in [3.05, 3.63) is 108 Å². The van der Waals surface area contributed by atoms with Crippen molar-refractivity contribution in [2.45, 2.75) is 6.92 Å². The van der Waals surface area contributed by atoms with Crippen LogP contribution < -0.4 is 10.6 Å². The number of carbonyl (C=O) groups excluding carboxylic acids is 2. The summed E-state index contributed by atoms with van der Waals surface area (Å²) in [5.41, 5.74) is 4.61. The second kappa shape index (κ2) is 9.95. The molecule has 0 aliphatic heterocycles. The maximum absolute atomic E-state index is 13.5. The van der Waals surface area contributed by atoms with Gasteiger partial charge in [-0.15, -0.1) is 0 Å². The van der Waals surface area contributed by atoms with Crippen molar-refractivity contribution in [2.75, 3.05) is 12.4 Å². The highest BCUT2D eigenvalue weighted by Crippen LogP contribution is 2.25. The summed E-state index contributed by atoms with van der Waals surface area (Å²) in [5, 5.41) is 10.1. The Morgan fingerprint density at radius 3 is 2.41 bits per heavy atom. The average molecular weight is 455 g/mol. The predicted octanol–water partition coefficient (Wildman–Crippen LogP) is 5.00. The van der Waals surface area contributed by atoms with Gasteiger partial charge in [0.25, 0.3) is 5.91 Å². The summed E-state index contributed by atoms with van der Waals surface area (Å²) >= 11 is 0. The molecule has 0 aliphatic rings. The minimum atomic E-state index is -0.352. The fourth-order valence-electron chi connectivity index (χ4n) is 3.55. The lowest BCUT2D eigenvalue weighted by Crippen LogP contribution is -2.20. The fraction of sp³-hybridized carbons (Fsp3) is 0.0741. The Hall–Kier alpha value is -4.52. The summed E-state index contributed by atoms with van der Waals surface area (Å²) in [6.07, 6.45) is 4.89. The summed E-state index contributed by atoms with van der Waals surface area (Å²) < 4.78 is 15.2. The highest BCUT2D eigenvalue weighted by Gasteiger charge is 2.13. The van der Waals surface area contributed by atoms with Gasteiger partial charge < -0.3 is 10.6 Å². The first-order chi connectivity index (χ1) is 16.5. The standard InChI is InChI=1S/C27H23FN4O2/c1-18-23(27(34)29-2)9-6-10-24(18)30-25(33)16-13-20-17-32(22-7-4-3-5-8-22)31-26(20)19-11-14-21(28)15-12-19/h3-17H,1-2H3,(H,29,34)(H,30,33). The normalized spacial score (nSPS) is 10.9. The maximum Gasteiger partial charge on any atom is 0.251 e. The number of hydrogen-bond acceptors (Lipinski definition) is 3. The van der Waals surface area contributed by atoms with E-state index in [4.69, 9.17) is 0 Å². The van der Waals surface area contributed by atoms with E-state index in [0.717, 1.165) is 11.3 Å². The van der Waals surface area contributed by atoms with Crippen LogP contribution >= 0.6 is 0 Å². The molecule has 0 aliphatic carbocycles. The zero-order valence-corrected chi connectivity index (χ0v) is 18.7. The molecular formula is C27H23FN4O2. The molecule has 0 fully saturated rings. The van der Waals surface area contributed by atoms with Crippen LogP contribution in [0.4, 0.5) is 10.1 Å². The molecule has 0 unspecified atom stereocenters. The molecule has 0 spiro atoms. The minimum absolute atomic E-state index is 0.221. The molecule has 1 heterocycles. The molecule has 0 bridgehead atoms. The van der Waals surface area contributed by atoms with Crippen LogP contribution in [0.25, 0.3) is 23.0 Å². The number of halogens is 1. The lowest BCUT2D eigenvalue weighted by Gasteiger charge is -2.10. The van der Waals surface area contributed by atoms with E-state index in [1.165, 1.54) is 18.2 Å². The van der Waals surface area contributed by atoms with Crippen molar-refractivity contribution in [3.8, 4) is 16.9 Å². The molecule has 170 valence electrons. The van der Waals surface area contributed by atoms with Gasteiger partial charge in [-0.05, 0) is 67.1 Å². The zero-order valence-electron chi connectivity index (χ0n) is 18.7. The fourth-order valence-corrected chi connectivity index (χ4v) is 3.55. The molecule has 4 rings (SSSR count). The van der Waals surface area contributed by atoms with E-state index in [9.17, 15) is 14.0 Å². The Kier molecular flexibility index (Phi) is 6.64. The number of hydrogen-bond donors (Lipinski definition) is 2. The van der Waals surface area contributed by atoms with E-state index < -0.39 is 0 Å². The number of rotatable bonds is 6. The Balaban J connectivity index is 1.63. The first-order valence-electron chi connectivity index (χ1n) is 10.7. The van der Waals surface area contributed by atoms with Crippen LogP contribution in [-0.2, 0) is 4.79 Å². The van der Waals surface area contributed by atoms with Crippen molar-refractivity contribution in [1.82, 2.24) is 15.1 Å². The second-order valence-electron chi connectivity index (χ2n) is 7.60. The predicted molar refractivity (Wildman–Crippen MR) is 131 cm³/mol. The minimum Gasteiger partial charge on any atom is -0.355 e. The van der Waals surface area contributed by atoms with E-state index >= 15 is 0 Å². The van der Waals surface area contributed by atoms with Crippen molar-refractivity contribution >= 4 is 23.6 Å². The molecule has 0 saturated heterocycles. The van der Waals surface area contributed by atoms with Crippen LogP contribution in [0.15, 0.2) is 85.1 Å². The van der Waals surface area contributed by atoms with Gasteiger partial charge in [0.1, 0.15) is 5.82 Å². The summed E-state index contributed by atoms with van der Waals surface area (Å²) in [6, 6.07) is 20.8. The Morgan fingerprint density at radius 2 is 1.71 bits per heavy atom. The van der Waals surface area contributed by atoms with Gasteiger partial charge in [0, 0.05) is 41.7 Å². The van der Waals surface area contributed by atoms with E-state index in [0.29, 0.717) is 28.1 Å². The number of nitrogens with zero attached hydrogens (tertiary/aromatic N) is 2. The van der Waals surface area contributed by atoms with Gasteiger partial charge in [-0.2, -0.15) is 5.10 Å². The molecule has 0 radical (unpaired) electrons. The van der Waals surface area contributed by atoms with Crippen molar-refractivity contribution in [3.63, 3.8) is 0 Å². The number of carbonyl (C=O) groups is 2. The van der Waals surface area contributed by atoms with Crippen molar-refractivity contribution < 1.29 is 14.0 Å². The number of nitrogens with one attached hydrogen (secondary N) is 2. The SMILES string of the molecule is CNC(=O)c1cccc(NC(=O)C=Cc2cn(-c3ccccc3)nc2-c2ccc(F)cc2)c1C. The van der Waals surface area contributed by atoms with Gasteiger partial charge in [0.05, 0.1) is 11.4 Å². The smallest absolute Gasteiger partial charge is 0.251 e. The van der Waals surface area contributed by atoms with Crippen LogP contribution in [0.2, 0.25) is 0 Å². The van der Waals surface area contributed by atoms with Crippen LogP contribution in [-0.4, -0.2) is 28.6 Å². The van der Waals surface area contributed by atoms with Crippen LogP contribution in [0, 0.1) is 12.7 Å². The third-order valence-corrected chi connectivity index (χ3v) is 5.36. The number of amides is 2. The molecular weight excluding hydrogens is 431 g/mol. The molecule has 2 amide bonds. The van der Waals surface area contributed by atoms with Crippen LogP contribution in [0.3, 0.4) is 0 Å². The first kappa shape index (κ1) is 22.7. The number of para-hydroxylation sites is 1. The summed E-state index contributed by atoms with van der Waals surface area (Å²) in [7, 11) is 1.56. The summed E-state index contributed by atoms with van der Waals surface area (Å²) in [5.74, 6) is -0.909. The molecule has 0 saturated carbocycles. The molecule has 1 aromatic heterocycles. The lowest BCUT2D eigenvalue weighted by atomic mass is 10.1. The summed E-state index contributed by atoms with van der Waals surface area (Å²) in [6.45, 7) is 1.78.